The summed E-state index contributed by atoms with van der Waals surface area (Å²) in [6.45, 7) is 3.89. The van der Waals surface area contributed by atoms with Gasteiger partial charge in [-0.25, -0.2) is 4.79 Å². The molecule has 94 valence electrons. The van der Waals surface area contributed by atoms with Gasteiger partial charge in [-0.2, -0.15) is 0 Å². The number of thiophene rings is 1. The first kappa shape index (κ1) is 15.3. The summed E-state index contributed by atoms with van der Waals surface area (Å²) in [4.78, 5) is 23.4. The summed E-state index contributed by atoms with van der Waals surface area (Å²) in [5.41, 5.74) is 0. The van der Waals surface area contributed by atoms with Crippen LogP contribution in [0.4, 0.5) is 0 Å². The SMILES string of the molecule is C=CCNC(=O)c1ccc(C(=O)OC)s1.CO. The number of ether oxygens (including phenoxy) is 1. The number of hydrogen-bond donors (Lipinski definition) is 2. The lowest BCUT2D eigenvalue weighted by Gasteiger charge is -1.97. The fourth-order valence-electron chi connectivity index (χ4n) is 0.922. The molecule has 2 N–H and O–H groups in total. The van der Waals surface area contributed by atoms with E-state index in [4.69, 9.17) is 5.11 Å². The highest BCUT2D eigenvalue weighted by atomic mass is 32.1. The Morgan fingerprint density at radius 3 is 2.59 bits per heavy atom. The molecule has 0 unspecified atom stereocenters. The minimum atomic E-state index is -0.428. The van der Waals surface area contributed by atoms with Crippen molar-refractivity contribution in [1.82, 2.24) is 5.32 Å². The first-order valence-electron chi connectivity index (χ1n) is 4.71. The molecule has 0 aliphatic rings. The molecular weight excluding hydrogens is 242 g/mol. The van der Waals surface area contributed by atoms with Crippen LogP contribution in [0.25, 0.3) is 0 Å². The zero-order chi connectivity index (χ0) is 13.3. The van der Waals surface area contributed by atoms with E-state index in [0.29, 0.717) is 16.3 Å². The van der Waals surface area contributed by atoms with Gasteiger partial charge in [0.15, 0.2) is 0 Å². The number of aliphatic hydroxyl groups excluding tert-OH is 1. The van der Waals surface area contributed by atoms with Crippen LogP contribution in [0.1, 0.15) is 19.3 Å². The Morgan fingerprint density at radius 1 is 1.47 bits per heavy atom. The summed E-state index contributed by atoms with van der Waals surface area (Å²) < 4.78 is 4.53. The van der Waals surface area contributed by atoms with E-state index in [-0.39, 0.29) is 5.91 Å². The molecule has 1 aromatic rings. The van der Waals surface area contributed by atoms with Gasteiger partial charge in [-0.15, -0.1) is 17.9 Å². The number of aliphatic hydroxyl groups is 1. The third-order valence-electron chi connectivity index (χ3n) is 1.62. The molecule has 0 atom stereocenters. The Labute approximate surface area is 104 Å². The fraction of sp³-hybridized carbons (Fsp3) is 0.273. The van der Waals surface area contributed by atoms with Gasteiger partial charge in [-0.3, -0.25) is 4.79 Å². The van der Waals surface area contributed by atoms with Crippen LogP contribution < -0.4 is 5.32 Å². The maximum absolute atomic E-state index is 11.4. The molecule has 0 bridgehead atoms. The zero-order valence-electron chi connectivity index (χ0n) is 9.73. The molecule has 0 aliphatic heterocycles. The van der Waals surface area contributed by atoms with Crippen molar-refractivity contribution in [3.8, 4) is 0 Å². The molecule has 0 aliphatic carbocycles. The van der Waals surface area contributed by atoms with Crippen molar-refractivity contribution in [2.24, 2.45) is 0 Å². The lowest BCUT2D eigenvalue weighted by molar-refractivity contribution is 0.0606. The Balaban J connectivity index is 0.00000121. The van der Waals surface area contributed by atoms with Crippen LogP contribution in [-0.4, -0.2) is 37.7 Å². The zero-order valence-corrected chi connectivity index (χ0v) is 10.5. The van der Waals surface area contributed by atoms with Crippen LogP contribution in [0.3, 0.4) is 0 Å². The second-order valence-electron chi connectivity index (χ2n) is 2.65. The van der Waals surface area contributed by atoms with Crippen LogP contribution in [0, 0.1) is 0 Å². The molecule has 1 heterocycles. The third kappa shape index (κ3) is 4.80. The third-order valence-corrected chi connectivity index (χ3v) is 2.69. The summed E-state index contributed by atoms with van der Waals surface area (Å²) in [5, 5.41) is 9.62. The van der Waals surface area contributed by atoms with Crippen molar-refractivity contribution in [3.63, 3.8) is 0 Å². The molecule has 0 saturated heterocycles. The predicted octanol–water partition coefficient (Wildman–Crippen LogP) is 1.06. The number of rotatable bonds is 4. The van der Waals surface area contributed by atoms with Gasteiger partial charge in [0.25, 0.3) is 5.91 Å². The number of nitrogens with one attached hydrogen (secondary N) is 1. The summed E-state index contributed by atoms with van der Waals surface area (Å²) >= 11 is 1.10. The van der Waals surface area contributed by atoms with Crippen molar-refractivity contribution in [2.45, 2.75) is 0 Å². The summed E-state index contributed by atoms with van der Waals surface area (Å²) in [6.07, 6.45) is 1.59. The lowest BCUT2D eigenvalue weighted by atomic mass is 10.4. The molecule has 0 fully saturated rings. The Kier molecular flexibility index (Phi) is 7.66. The van der Waals surface area contributed by atoms with Crippen molar-refractivity contribution >= 4 is 23.2 Å². The molecule has 0 radical (unpaired) electrons. The van der Waals surface area contributed by atoms with Crippen LogP contribution in [0.2, 0.25) is 0 Å². The summed E-state index contributed by atoms with van der Waals surface area (Å²) in [6, 6.07) is 3.16. The first-order chi connectivity index (χ1) is 8.19. The number of hydrogen-bond acceptors (Lipinski definition) is 5. The Bertz CT molecular complexity index is 387. The van der Waals surface area contributed by atoms with Crippen molar-refractivity contribution < 1.29 is 19.4 Å². The molecule has 6 heteroatoms. The number of amides is 1. The standard InChI is InChI=1S/C10H11NO3S.CH4O/c1-3-6-11-9(12)7-4-5-8(15-7)10(13)14-2;1-2/h3-5H,1,6H2,2H3,(H,11,12);2H,1H3. The van der Waals surface area contributed by atoms with Crippen molar-refractivity contribution in [1.29, 1.82) is 0 Å². The monoisotopic (exact) mass is 257 g/mol. The highest BCUT2D eigenvalue weighted by Gasteiger charge is 2.12. The first-order valence-corrected chi connectivity index (χ1v) is 5.52. The van der Waals surface area contributed by atoms with Gasteiger partial charge in [0.2, 0.25) is 0 Å². The molecule has 0 aromatic carbocycles. The van der Waals surface area contributed by atoms with Crippen molar-refractivity contribution in [3.05, 3.63) is 34.5 Å². The molecule has 17 heavy (non-hydrogen) atoms. The van der Waals surface area contributed by atoms with E-state index in [1.807, 2.05) is 0 Å². The van der Waals surface area contributed by atoms with Gasteiger partial charge in [0.1, 0.15) is 4.88 Å². The minimum Gasteiger partial charge on any atom is -0.465 e. The number of carbonyl (C=O) groups excluding carboxylic acids is 2. The van der Waals surface area contributed by atoms with Gasteiger partial charge in [0.05, 0.1) is 12.0 Å². The summed E-state index contributed by atoms with van der Waals surface area (Å²) in [7, 11) is 2.31. The average Bonchev–Trinajstić information content (AvgIpc) is 2.87. The van der Waals surface area contributed by atoms with Crippen molar-refractivity contribution in [2.75, 3.05) is 20.8 Å². The van der Waals surface area contributed by atoms with Gasteiger partial charge in [-0.1, -0.05) is 6.08 Å². The molecule has 1 aromatic heterocycles. The predicted molar refractivity (Wildman–Crippen MR) is 66.3 cm³/mol. The Morgan fingerprint density at radius 2 is 2.06 bits per heavy atom. The lowest BCUT2D eigenvalue weighted by Crippen LogP contribution is -2.21. The van der Waals surface area contributed by atoms with E-state index in [9.17, 15) is 9.59 Å². The van der Waals surface area contributed by atoms with E-state index in [2.05, 4.69) is 16.6 Å². The minimum absolute atomic E-state index is 0.213. The smallest absolute Gasteiger partial charge is 0.348 e. The second-order valence-corrected chi connectivity index (χ2v) is 3.74. The van der Waals surface area contributed by atoms with E-state index in [0.717, 1.165) is 18.4 Å². The van der Waals surface area contributed by atoms with Crippen LogP contribution in [0.15, 0.2) is 24.8 Å². The average molecular weight is 257 g/mol. The van der Waals surface area contributed by atoms with Crippen LogP contribution in [-0.2, 0) is 4.74 Å². The molecule has 1 rings (SSSR count). The topological polar surface area (TPSA) is 75.6 Å². The highest BCUT2D eigenvalue weighted by molar-refractivity contribution is 7.15. The van der Waals surface area contributed by atoms with Crippen LogP contribution >= 0.6 is 11.3 Å². The molecule has 0 spiro atoms. The molecular formula is C11H15NO4S. The number of carbonyl (C=O) groups is 2. The fourth-order valence-corrected chi connectivity index (χ4v) is 1.76. The van der Waals surface area contributed by atoms with Crippen LogP contribution in [0.5, 0.6) is 0 Å². The van der Waals surface area contributed by atoms with Gasteiger partial charge in [0, 0.05) is 13.7 Å². The highest BCUT2D eigenvalue weighted by Crippen LogP contribution is 2.16. The quantitative estimate of drug-likeness (QED) is 0.624. The number of methoxy groups -OCH3 is 1. The van der Waals surface area contributed by atoms with Gasteiger partial charge >= 0.3 is 5.97 Å². The molecule has 1 amide bonds. The van der Waals surface area contributed by atoms with E-state index in [1.54, 1.807) is 18.2 Å². The van der Waals surface area contributed by atoms with E-state index in [1.165, 1.54) is 7.11 Å². The summed E-state index contributed by atoms with van der Waals surface area (Å²) in [5.74, 6) is -0.641. The largest absolute Gasteiger partial charge is 0.465 e. The maximum Gasteiger partial charge on any atom is 0.348 e. The Hall–Kier alpha value is -1.66. The molecule has 5 nitrogen and oxygen atoms in total. The molecule has 0 saturated carbocycles. The maximum atomic E-state index is 11.4. The van der Waals surface area contributed by atoms with E-state index < -0.39 is 5.97 Å². The van der Waals surface area contributed by atoms with Gasteiger partial charge < -0.3 is 15.2 Å². The second kappa shape index (κ2) is 8.49. The normalized spacial score (nSPS) is 8.65. The number of esters is 1. The van der Waals surface area contributed by atoms with E-state index >= 15 is 0 Å². The van der Waals surface area contributed by atoms with Gasteiger partial charge in [-0.05, 0) is 12.1 Å².